The summed E-state index contributed by atoms with van der Waals surface area (Å²) < 4.78 is 2.55. The number of hydrogen-bond acceptors (Lipinski definition) is 10. The molecule has 12 nitrogen and oxygen atoms in total. The normalized spacial score (nSPS) is 9.97. The third-order valence-electron chi connectivity index (χ3n) is 3.93. The third-order valence-corrected chi connectivity index (χ3v) is 4.36. The fourth-order valence-corrected chi connectivity index (χ4v) is 2.87. The molecule has 0 fully saturated rings. The van der Waals surface area contributed by atoms with Gasteiger partial charge in [-0.1, -0.05) is 5.21 Å². The van der Waals surface area contributed by atoms with Crippen LogP contribution in [0.4, 0.5) is 17.1 Å². The number of anilines is 3. The molecule has 0 radical (unpaired) electrons. The van der Waals surface area contributed by atoms with Gasteiger partial charge in [0.2, 0.25) is 0 Å². The highest BCUT2D eigenvalue weighted by Gasteiger charge is 2.00. The summed E-state index contributed by atoms with van der Waals surface area (Å²) in [5.41, 5.74) is 21.7. The number of nitrogen functional groups attached to an aromatic ring is 3. The Hall–Kier alpha value is -4.39. The van der Waals surface area contributed by atoms with Gasteiger partial charge in [-0.25, -0.2) is 4.68 Å². The maximum absolute atomic E-state index is 5.58. The lowest BCUT2D eigenvalue weighted by Gasteiger charge is -1.98. The number of hydrogen-bond donors (Lipinski definition) is 3. The first-order chi connectivity index (χ1) is 16.3. The van der Waals surface area contributed by atoms with Gasteiger partial charge in [0, 0.05) is 29.3 Å². The Labute approximate surface area is 204 Å². The van der Waals surface area contributed by atoms with Crippen LogP contribution in [0.15, 0.2) is 72.2 Å². The summed E-state index contributed by atoms with van der Waals surface area (Å²) >= 11 is 3.22. The Kier molecular flexibility index (Phi) is 8.18. The molecule has 0 aliphatic rings. The molecule has 5 aromatic heterocycles. The lowest BCUT2D eigenvalue weighted by atomic mass is 10.4. The molecule has 0 unspecified atom stereocenters. The van der Waals surface area contributed by atoms with Crippen LogP contribution in [0.5, 0.6) is 0 Å². The van der Waals surface area contributed by atoms with Crippen molar-refractivity contribution in [1.29, 1.82) is 0 Å². The van der Waals surface area contributed by atoms with Gasteiger partial charge in [0.15, 0.2) is 0 Å². The van der Waals surface area contributed by atoms with E-state index in [2.05, 4.69) is 51.4 Å². The van der Waals surface area contributed by atoms with E-state index in [1.807, 2.05) is 20.0 Å². The van der Waals surface area contributed by atoms with E-state index >= 15 is 0 Å². The standard InChI is InChI=1S/2C8H9N5.C5H5BrN2/c1-6-5-13(12-11-6)8-2-7(9)3-10-4-8;1-6-3-11-13(12-6)8-2-7(9)4-10-5-8;6-4-1-5(7)3-8-2-4/h2*2-5H,9H2,1H3;1-3H,7H2. The second-order valence-electron chi connectivity index (χ2n) is 6.97. The number of aromatic nitrogens is 9. The van der Waals surface area contributed by atoms with E-state index in [9.17, 15) is 0 Å². The lowest BCUT2D eigenvalue weighted by molar-refractivity contribution is 0.742. The van der Waals surface area contributed by atoms with Gasteiger partial charge in [-0.15, -0.1) is 9.90 Å². The van der Waals surface area contributed by atoms with Crippen molar-refractivity contribution < 1.29 is 0 Å². The number of rotatable bonds is 2. The smallest absolute Gasteiger partial charge is 0.106 e. The van der Waals surface area contributed by atoms with Gasteiger partial charge in [-0.2, -0.15) is 10.2 Å². The first-order valence-corrected chi connectivity index (χ1v) is 10.6. The number of nitrogens with two attached hydrogens (primary N) is 3. The van der Waals surface area contributed by atoms with Crippen molar-refractivity contribution in [3.8, 4) is 11.4 Å². The fourth-order valence-electron chi connectivity index (χ4n) is 2.49. The predicted molar refractivity (Wildman–Crippen MR) is 133 cm³/mol. The van der Waals surface area contributed by atoms with Crippen LogP contribution in [-0.2, 0) is 0 Å². The summed E-state index contributed by atoms with van der Waals surface area (Å²) in [5.74, 6) is 0. The van der Waals surface area contributed by atoms with Crippen molar-refractivity contribution >= 4 is 33.0 Å². The van der Waals surface area contributed by atoms with Crippen LogP contribution in [0.25, 0.3) is 11.4 Å². The maximum Gasteiger partial charge on any atom is 0.106 e. The third kappa shape index (κ3) is 7.34. The van der Waals surface area contributed by atoms with Crippen molar-refractivity contribution in [1.82, 2.24) is 44.9 Å². The SMILES string of the molecule is Cc1cn(-c2cncc(N)c2)nn1.Cc1cnn(-c2cncc(N)c2)n1.Nc1cncc(Br)c1. The van der Waals surface area contributed by atoms with Crippen LogP contribution in [-0.4, -0.2) is 44.9 Å². The highest BCUT2D eigenvalue weighted by atomic mass is 79.9. The first kappa shape index (κ1) is 24.3. The van der Waals surface area contributed by atoms with Crippen LogP contribution in [0.2, 0.25) is 0 Å². The average Bonchev–Trinajstić information content (AvgIpc) is 3.43. The van der Waals surface area contributed by atoms with E-state index in [1.165, 1.54) is 4.80 Å². The molecule has 0 bridgehead atoms. The summed E-state index contributed by atoms with van der Waals surface area (Å²) in [6.07, 6.45) is 13.3. The van der Waals surface area contributed by atoms with E-state index in [1.54, 1.807) is 66.3 Å². The Morgan fingerprint density at radius 3 is 1.76 bits per heavy atom. The Morgan fingerprint density at radius 1 is 0.706 bits per heavy atom. The van der Waals surface area contributed by atoms with Crippen molar-refractivity contribution in [2.24, 2.45) is 0 Å². The van der Waals surface area contributed by atoms with Crippen molar-refractivity contribution in [3.05, 3.63) is 83.6 Å². The molecular formula is C21H23BrN12. The van der Waals surface area contributed by atoms with Gasteiger partial charge in [0.25, 0.3) is 0 Å². The minimum atomic E-state index is 0.604. The zero-order chi connectivity index (χ0) is 24.5. The van der Waals surface area contributed by atoms with Crippen LogP contribution >= 0.6 is 15.9 Å². The molecule has 5 rings (SSSR count). The number of aryl methyl sites for hydroxylation is 2. The lowest BCUT2D eigenvalue weighted by Crippen LogP contribution is -2.00. The Bertz CT molecular complexity index is 1250. The minimum absolute atomic E-state index is 0.604. The number of halogens is 1. The van der Waals surface area contributed by atoms with Gasteiger partial charge in [-0.05, 0) is 48.0 Å². The van der Waals surface area contributed by atoms with Gasteiger partial charge in [0.05, 0.1) is 58.9 Å². The fraction of sp³-hybridized carbons (Fsp3) is 0.0952. The molecule has 5 aromatic rings. The zero-order valence-electron chi connectivity index (χ0n) is 18.5. The van der Waals surface area contributed by atoms with Crippen molar-refractivity contribution in [2.45, 2.75) is 13.8 Å². The second kappa shape index (κ2) is 11.5. The van der Waals surface area contributed by atoms with Crippen LogP contribution in [0.3, 0.4) is 0 Å². The molecule has 13 heteroatoms. The number of nitrogens with zero attached hydrogens (tertiary/aromatic N) is 9. The molecule has 174 valence electrons. The van der Waals surface area contributed by atoms with Gasteiger partial charge >= 0.3 is 0 Å². The summed E-state index contributed by atoms with van der Waals surface area (Å²) in [6.45, 7) is 3.76. The summed E-state index contributed by atoms with van der Waals surface area (Å²) in [7, 11) is 0. The highest BCUT2D eigenvalue weighted by Crippen LogP contribution is 2.10. The molecule has 6 N–H and O–H groups in total. The largest absolute Gasteiger partial charge is 0.397 e. The quantitative estimate of drug-likeness (QED) is 0.311. The molecule has 0 atom stereocenters. The topological polar surface area (TPSA) is 178 Å². The second-order valence-corrected chi connectivity index (χ2v) is 7.89. The molecule has 0 amide bonds. The van der Waals surface area contributed by atoms with Crippen LogP contribution < -0.4 is 17.2 Å². The molecule has 0 aliphatic carbocycles. The molecular weight excluding hydrogens is 500 g/mol. The summed E-state index contributed by atoms with van der Waals surface area (Å²) in [4.78, 5) is 13.2. The molecule has 0 spiro atoms. The maximum atomic E-state index is 5.58. The minimum Gasteiger partial charge on any atom is -0.397 e. The summed E-state index contributed by atoms with van der Waals surface area (Å²) in [6, 6.07) is 5.36. The van der Waals surface area contributed by atoms with E-state index < -0.39 is 0 Å². The van der Waals surface area contributed by atoms with Crippen LogP contribution in [0.1, 0.15) is 11.4 Å². The van der Waals surface area contributed by atoms with Gasteiger partial charge in [-0.3, -0.25) is 15.0 Å². The molecule has 0 saturated carbocycles. The molecule has 34 heavy (non-hydrogen) atoms. The molecule has 0 saturated heterocycles. The number of pyridine rings is 3. The highest BCUT2D eigenvalue weighted by molar-refractivity contribution is 9.10. The van der Waals surface area contributed by atoms with Gasteiger partial charge < -0.3 is 17.2 Å². The van der Waals surface area contributed by atoms with E-state index in [-0.39, 0.29) is 0 Å². The predicted octanol–water partition coefficient (Wildman–Crippen LogP) is 2.53. The summed E-state index contributed by atoms with van der Waals surface area (Å²) in [5, 5.41) is 15.9. The molecule has 5 heterocycles. The Balaban J connectivity index is 0.000000148. The monoisotopic (exact) mass is 522 g/mol. The molecule has 0 aromatic carbocycles. The first-order valence-electron chi connectivity index (χ1n) is 9.86. The average molecular weight is 523 g/mol. The van der Waals surface area contributed by atoms with Crippen LogP contribution in [0, 0.1) is 13.8 Å². The zero-order valence-corrected chi connectivity index (χ0v) is 20.1. The Morgan fingerprint density at radius 2 is 1.29 bits per heavy atom. The van der Waals surface area contributed by atoms with E-state index in [4.69, 9.17) is 17.2 Å². The van der Waals surface area contributed by atoms with Crippen molar-refractivity contribution in [3.63, 3.8) is 0 Å². The molecule has 0 aliphatic heterocycles. The van der Waals surface area contributed by atoms with E-state index in [0.717, 1.165) is 27.2 Å². The van der Waals surface area contributed by atoms with E-state index in [0.29, 0.717) is 17.1 Å². The van der Waals surface area contributed by atoms with Crippen molar-refractivity contribution in [2.75, 3.05) is 17.2 Å². The van der Waals surface area contributed by atoms with Gasteiger partial charge in [0.1, 0.15) is 5.69 Å².